The Bertz CT molecular complexity index is 968. The number of carboxylic acid groups (broad SMARTS) is 1. The van der Waals surface area contributed by atoms with Gasteiger partial charge in [-0.05, 0) is 37.9 Å². The molecule has 0 bridgehead atoms. The molecule has 2 aromatic heterocycles. The summed E-state index contributed by atoms with van der Waals surface area (Å²) in [7, 11) is 1.50. The Hall–Kier alpha value is -3.23. The van der Waals surface area contributed by atoms with Crippen LogP contribution in [0.3, 0.4) is 0 Å². The van der Waals surface area contributed by atoms with Crippen LogP contribution >= 0.6 is 0 Å². The summed E-state index contributed by atoms with van der Waals surface area (Å²) in [5.74, 6) is -0.638. The zero-order chi connectivity index (χ0) is 25.2. The molecule has 3 rings (SSSR count). The molecule has 182 valence electrons. The second-order valence-electron chi connectivity index (χ2n) is 8.15. The standard InChI is InChI=1S/C17H21N5O3.C4H8O2.CH5N/c1-11(2)7-15(23)24-8-12-5-6-17(9-18,25-12)14-4-3-13-16(19)20-10-21-22(13)14;1-3(2)4(5)6;1-2/h3-4,10-12H,5-8H2,1-2H3,(H2,19,20,21);3H,1-2H3,(H,5,6);2H2,1H3. The highest BCUT2D eigenvalue weighted by molar-refractivity contribution is 5.69. The largest absolute Gasteiger partial charge is 0.481 e. The van der Waals surface area contributed by atoms with E-state index in [0.29, 0.717) is 36.3 Å². The number of ether oxygens (including phenoxy) is 2. The van der Waals surface area contributed by atoms with E-state index in [1.807, 2.05) is 13.8 Å². The molecule has 11 nitrogen and oxygen atoms in total. The van der Waals surface area contributed by atoms with Gasteiger partial charge in [0.2, 0.25) is 0 Å². The summed E-state index contributed by atoms with van der Waals surface area (Å²) in [6.07, 6.45) is 2.51. The van der Waals surface area contributed by atoms with Gasteiger partial charge in [0.15, 0.2) is 11.4 Å². The Morgan fingerprint density at radius 2 is 2.00 bits per heavy atom. The molecule has 0 spiro atoms. The summed E-state index contributed by atoms with van der Waals surface area (Å²) >= 11 is 0. The molecule has 1 aliphatic rings. The van der Waals surface area contributed by atoms with Crippen LogP contribution in [0, 0.1) is 23.2 Å². The van der Waals surface area contributed by atoms with E-state index in [-0.39, 0.29) is 30.5 Å². The van der Waals surface area contributed by atoms with Gasteiger partial charge in [0.1, 0.15) is 24.5 Å². The number of carbonyl (C=O) groups excluding carboxylic acids is 1. The van der Waals surface area contributed by atoms with Gasteiger partial charge in [-0.3, -0.25) is 9.59 Å². The quantitative estimate of drug-likeness (QED) is 0.538. The fourth-order valence-corrected chi connectivity index (χ4v) is 3.05. The third-order valence-corrected chi connectivity index (χ3v) is 4.76. The fourth-order valence-electron chi connectivity index (χ4n) is 3.05. The van der Waals surface area contributed by atoms with Crippen molar-refractivity contribution in [1.82, 2.24) is 14.6 Å². The minimum Gasteiger partial charge on any atom is -0.481 e. The van der Waals surface area contributed by atoms with Gasteiger partial charge in [-0.25, -0.2) is 9.50 Å². The van der Waals surface area contributed by atoms with Crippen molar-refractivity contribution in [3.8, 4) is 6.07 Å². The molecule has 2 atom stereocenters. The molecule has 5 N–H and O–H groups in total. The van der Waals surface area contributed by atoms with Gasteiger partial charge in [-0.15, -0.1) is 0 Å². The second kappa shape index (κ2) is 12.7. The van der Waals surface area contributed by atoms with Crippen LogP contribution < -0.4 is 11.5 Å². The van der Waals surface area contributed by atoms with Crippen LogP contribution in [-0.4, -0.2) is 51.4 Å². The minimum atomic E-state index is -1.14. The molecule has 1 aliphatic heterocycles. The summed E-state index contributed by atoms with van der Waals surface area (Å²) in [4.78, 5) is 25.4. The Kier molecular flexibility index (Phi) is 10.7. The van der Waals surface area contributed by atoms with Crippen molar-refractivity contribution in [3.63, 3.8) is 0 Å². The zero-order valence-corrected chi connectivity index (χ0v) is 19.8. The molecule has 0 aliphatic carbocycles. The Morgan fingerprint density at radius 3 is 2.55 bits per heavy atom. The Labute approximate surface area is 193 Å². The number of nitrogen functional groups attached to an aromatic ring is 1. The van der Waals surface area contributed by atoms with E-state index in [4.69, 9.17) is 20.3 Å². The Morgan fingerprint density at radius 1 is 1.36 bits per heavy atom. The molecule has 2 aromatic rings. The van der Waals surface area contributed by atoms with Crippen molar-refractivity contribution < 1.29 is 24.2 Å². The Balaban J connectivity index is 0.000000593. The molecule has 11 heteroatoms. The summed E-state index contributed by atoms with van der Waals surface area (Å²) in [6, 6.07) is 5.80. The number of aliphatic carboxylic acids is 1. The van der Waals surface area contributed by atoms with E-state index in [1.165, 1.54) is 13.4 Å². The zero-order valence-electron chi connectivity index (χ0n) is 19.8. The fraction of sp³-hybridized carbons (Fsp3) is 0.591. The van der Waals surface area contributed by atoms with E-state index < -0.39 is 11.6 Å². The van der Waals surface area contributed by atoms with Crippen LogP contribution in [0.15, 0.2) is 18.5 Å². The number of rotatable bonds is 6. The van der Waals surface area contributed by atoms with Gasteiger partial charge in [-0.1, -0.05) is 27.7 Å². The monoisotopic (exact) mass is 462 g/mol. The van der Waals surface area contributed by atoms with Crippen LogP contribution in [0.25, 0.3) is 5.52 Å². The summed E-state index contributed by atoms with van der Waals surface area (Å²) in [6.45, 7) is 7.35. The highest BCUT2D eigenvalue weighted by Crippen LogP contribution is 2.39. The number of esters is 1. The summed E-state index contributed by atoms with van der Waals surface area (Å²) < 4.78 is 12.8. The normalized spacial score (nSPS) is 19.3. The molecule has 0 saturated carbocycles. The number of carboxylic acids is 1. The van der Waals surface area contributed by atoms with Crippen molar-refractivity contribution >= 4 is 23.3 Å². The lowest BCUT2D eigenvalue weighted by molar-refractivity contribution is -0.149. The molecular formula is C22H34N6O5. The first-order chi connectivity index (χ1) is 15.6. The average molecular weight is 463 g/mol. The highest BCUT2D eigenvalue weighted by atomic mass is 16.6. The molecule has 1 fully saturated rings. The van der Waals surface area contributed by atoms with Crippen molar-refractivity contribution in [2.45, 2.75) is 58.7 Å². The number of anilines is 1. The van der Waals surface area contributed by atoms with E-state index in [9.17, 15) is 14.9 Å². The third kappa shape index (κ3) is 7.40. The van der Waals surface area contributed by atoms with Gasteiger partial charge >= 0.3 is 11.9 Å². The maximum Gasteiger partial charge on any atom is 0.306 e. The molecule has 0 amide bonds. The van der Waals surface area contributed by atoms with Crippen molar-refractivity contribution in [1.29, 1.82) is 5.26 Å². The first kappa shape index (κ1) is 27.8. The number of hydrogen-bond acceptors (Lipinski definition) is 9. The lowest BCUT2D eigenvalue weighted by Gasteiger charge is -2.21. The maximum absolute atomic E-state index is 11.7. The van der Waals surface area contributed by atoms with E-state index in [2.05, 4.69) is 21.9 Å². The predicted molar refractivity (Wildman–Crippen MR) is 122 cm³/mol. The summed E-state index contributed by atoms with van der Waals surface area (Å²) in [5.41, 5.74) is 10.4. The number of fused-ring (bicyclic) bond motifs is 1. The molecule has 3 heterocycles. The lowest BCUT2D eigenvalue weighted by Crippen LogP contribution is -2.29. The molecule has 0 aromatic carbocycles. The first-order valence-corrected chi connectivity index (χ1v) is 10.7. The molecule has 2 unspecified atom stereocenters. The van der Waals surface area contributed by atoms with E-state index >= 15 is 0 Å². The third-order valence-electron chi connectivity index (χ3n) is 4.76. The maximum atomic E-state index is 11.7. The second-order valence-corrected chi connectivity index (χ2v) is 8.15. The number of nitrogens with two attached hydrogens (primary N) is 2. The van der Waals surface area contributed by atoms with Crippen LogP contribution in [0.1, 0.15) is 52.7 Å². The summed E-state index contributed by atoms with van der Waals surface area (Å²) in [5, 5.41) is 21.9. The highest BCUT2D eigenvalue weighted by Gasteiger charge is 2.45. The van der Waals surface area contributed by atoms with Gasteiger partial charge in [-0.2, -0.15) is 10.4 Å². The van der Waals surface area contributed by atoms with Crippen molar-refractivity contribution in [3.05, 3.63) is 24.2 Å². The number of hydrogen-bond donors (Lipinski definition) is 3. The van der Waals surface area contributed by atoms with Crippen LogP contribution in [-0.2, 0) is 24.7 Å². The molecule has 1 saturated heterocycles. The van der Waals surface area contributed by atoms with Crippen LogP contribution in [0.5, 0.6) is 0 Å². The molecular weight excluding hydrogens is 428 g/mol. The lowest BCUT2D eigenvalue weighted by atomic mass is 9.98. The van der Waals surface area contributed by atoms with Crippen LogP contribution in [0.2, 0.25) is 0 Å². The molecule has 0 radical (unpaired) electrons. The van der Waals surface area contributed by atoms with Gasteiger partial charge in [0, 0.05) is 6.42 Å². The van der Waals surface area contributed by atoms with Gasteiger partial charge in [0.05, 0.1) is 17.7 Å². The SMILES string of the molecule is CC(C)C(=O)O.CC(C)CC(=O)OCC1CCC(C#N)(c2ccc3c(N)ncnn23)O1.CN. The van der Waals surface area contributed by atoms with E-state index in [1.54, 1.807) is 30.5 Å². The molecule has 33 heavy (non-hydrogen) atoms. The number of nitrogens with zero attached hydrogens (tertiary/aromatic N) is 4. The topological polar surface area (TPSA) is 179 Å². The predicted octanol–water partition coefficient (Wildman–Crippen LogP) is 2.10. The van der Waals surface area contributed by atoms with Crippen LogP contribution in [0.4, 0.5) is 5.82 Å². The van der Waals surface area contributed by atoms with Gasteiger partial charge < -0.3 is 26.0 Å². The van der Waals surface area contributed by atoms with E-state index in [0.717, 1.165) is 0 Å². The smallest absolute Gasteiger partial charge is 0.306 e. The average Bonchev–Trinajstić information content (AvgIpc) is 3.39. The van der Waals surface area contributed by atoms with Crippen molar-refractivity contribution in [2.24, 2.45) is 17.6 Å². The van der Waals surface area contributed by atoms with Crippen molar-refractivity contribution in [2.75, 3.05) is 19.4 Å². The number of nitriles is 1. The van der Waals surface area contributed by atoms with Gasteiger partial charge in [0.25, 0.3) is 0 Å². The first-order valence-electron chi connectivity index (χ1n) is 10.7. The minimum absolute atomic E-state index is 0.148. The number of aromatic nitrogens is 3. The number of carbonyl (C=O) groups is 2.